The maximum atomic E-state index is 13.0. The van der Waals surface area contributed by atoms with E-state index >= 15 is 0 Å². The summed E-state index contributed by atoms with van der Waals surface area (Å²) >= 11 is 5.88. The molecule has 1 aromatic carbocycles. The van der Waals surface area contributed by atoms with Crippen LogP contribution < -0.4 is 0 Å². The number of fused-ring (bicyclic) bond motifs is 1. The lowest BCUT2D eigenvalue weighted by atomic mass is 10.0. The van der Waals surface area contributed by atoms with Gasteiger partial charge in [0.1, 0.15) is 5.69 Å². The zero-order valence-electron chi connectivity index (χ0n) is 16.2. The fraction of sp³-hybridized carbons (Fsp3) is 0.450. The van der Waals surface area contributed by atoms with E-state index in [1.807, 2.05) is 0 Å². The Kier molecular flexibility index (Phi) is 5.36. The quantitative estimate of drug-likeness (QED) is 0.681. The van der Waals surface area contributed by atoms with E-state index in [-0.39, 0.29) is 34.4 Å². The zero-order chi connectivity index (χ0) is 21.6. The summed E-state index contributed by atoms with van der Waals surface area (Å²) in [5.74, 6) is 0.293. The number of hydrogen-bond donors (Lipinski definition) is 0. The van der Waals surface area contributed by atoms with Gasteiger partial charge in [-0.3, -0.25) is 9.69 Å². The highest BCUT2D eigenvalue weighted by Crippen LogP contribution is 2.35. The van der Waals surface area contributed by atoms with Gasteiger partial charge in [0.25, 0.3) is 0 Å². The molecule has 0 aliphatic carbocycles. The average Bonchev–Trinajstić information content (AvgIpc) is 3.34. The van der Waals surface area contributed by atoms with E-state index in [4.69, 9.17) is 11.6 Å². The van der Waals surface area contributed by atoms with E-state index in [9.17, 15) is 22.8 Å². The van der Waals surface area contributed by atoms with E-state index in [2.05, 4.69) is 10.00 Å². The molecule has 0 bridgehead atoms. The number of benzene rings is 1. The number of halogens is 4. The Morgan fingerprint density at radius 2 is 1.80 bits per heavy atom. The number of amides is 1. The average molecular weight is 441 g/mol. The summed E-state index contributed by atoms with van der Waals surface area (Å²) in [6.07, 6.45) is -2.95. The molecular weight excluding hydrogens is 421 g/mol. The molecule has 0 spiro atoms. The van der Waals surface area contributed by atoms with Gasteiger partial charge in [-0.05, 0) is 41.7 Å². The molecule has 0 N–H and O–H groups in total. The number of aromatic nitrogens is 2. The topological polar surface area (TPSA) is 58.4 Å². The highest BCUT2D eigenvalue weighted by Gasteiger charge is 2.42. The summed E-state index contributed by atoms with van der Waals surface area (Å²) in [5.41, 5.74) is 0.0232. The molecule has 2 saturated heterocycles. The number of Topliss-reactive ketones (excluding diaryl/α,β-unsaturated/α-hetero) is 1. The monoisotopic (exact) mass is 440 g/mol. The summed E-state index contributed by atoms with van der Waals surface area (Å²) in [7, 11) is 0. The second kappa shape index (κ2) is 7.70. The summed E-state index contributed by atoms with van der Waals surface area (Å²) in [6.45, 7) is 4.27. The molecule has 3 heterocycles. The van der Waals surface area contributed by atoms with Crippen molar-refractivity contribution in [3.05, 3.63) is 52.3 Å². The van der Waals surface area contributed by atoms with E-state index in [1.165, 1.54) is 23.9 Å². The maximum absolute atomic E-state index is 13.0. The van der Waals surface area contributed by atoms with Gasteiger partial charge >= 0.3 is 12.2 Å². The van der Waals surface area contributed by atoms with Crippen molar-refractivity contribution in [1.29, 1.82) is 0 Å². The molecule has 2 aromatic rings. The van der Waals surface area contributed by atoms with Gasteiger partial charge in [-0.25, -0.2) is 4.79 Å². The SMILES string of the molecule is CC(=O)c1ccn(C(=O)N2CC3CN(Cc4cc(Cl)cc(C(F)(F)F)c4)CC3C2)n1. The minimum absolute atomic E-state index is 0.0696. The zero-order valence-corrected chi connectivity index (χ0v) is 17.0. The van der Waals surface area contributed by atoms with Crippen LogP contribution in [-0.2, 0) is 12.7 Å². The molecule has 160 valence electrons. The van der Waals surface area contributed by atoms with E-state index in [0.29, 0.717) is 38.3 Å². The van der Waals surface area contributed by atoms with E-state index in [1.54, 1.807) is 11.0 Å². The second-order valence-electron chi connectivity index (χ2n) is 7.95. The minimum atomic E-state index is -4.43. The van der Waals surface area contributed by atoms with Crippen LogP contribution in [0.5, 0.6) is 0 Å². The first-order valence-corrected chi connectivity index (χ1v) is 9.93. The molecule has 1 amide bonds. The van der Waals surface area contributed by atoms with Gasteiger partial charge in [0.2, 0.25) is 0 Å². The highest BCUT2D eigenvalue weighted by atomic mass is 35.5. The van der Waals surface area contributed by atoms with Crippen molar-refractivity contribution in [3.8, 4) is 0 Å². The number of rotatable bonds is 3. The maximum Gasteiger partial charge on any atom is 0.416 e. The van der Waals surface area contributed by atoms with Crippen molar-refractivity contribution in [2.24, 2.45) is 11.8 Å². The Labute approximate surface area is 176 Å². The van der Waals surface area contributed by atoms with Gasteiger partial charge in [0.15, 0.2) is 5.78 Å². The van der Waals surface area contributed by atoms with Crippen molar-refractivity contribution in [2.75, 3.05) is 26.2 Å². The van der Waals surface area contributed by atoms with Gasteiger partial charge in [0, 0.05) is 50.9 Å². The second-order valence-corrected chi connectivity index (χ2v) is 8.39. The third-order valence-corrected chi connectivity index (χ3v) is 5.89. The predicted octanol–water partition coefficient (Wildman–Crippen LogP) is 3.79. The van der Waals surface area contributed by atoms with Gasteiger partial charge in [-0.15, -0.1) is 0 Å². The number of ketones is 1. The molecular formula is C20H20ClF3N4O2. The lowest BCUT2D eigenvalue weighted by molar-refractivity contribution is -0.137. The van der Waals surface area contributed by atoms with Crippen molar-refractivity contribution in [2.45, 2.75) is 19.6 Å². The fourth-order valence-corrected chi connectivity index (χ4v) is 4.56. The summed E-state index contributed by atoms with van der Waals surface area (Å²) in [4.78, 5) is 27.8. The molecule has 2 aliphatic rings. The van der Waals surface area contributed by atoms with E-state index in [0.717, 1.165) is 12.1 Å². The number of carbonyl (C=O) groups excluding carboxylic acids is 2. The van der Waals surface area contributed by atoms with Crippen LogP contribution in [0.3, 0.4) is 0 Å². The molecule has 30 heavy (non-hydrogen) atoms. The van der Waals surface area contributed by atoms with Crippen LogP contribution in [-0.4, -0.2) is 57.6 Å². The van der Waals surface area contributed by atoms with Crippen LogP contribution in [0.25, 0.3) is 0 Å². The first-order valence-electron chi connectivity index (χ1n) is 9.55. The van der Waals surface area contributed by atoms with Gasteiger partial charge in [-0.1, -0.05) is 11.6 Å². The first-order chi connectivity index (χ1) is 14.1. The van der Waals surface area contributed by atoms with Crippen LogP contribution in [0.4, 0.5) is 18.0 Å². The van der Waals surface area contributed by atoms with Crippen LogP contribution >= 0.6 is 11.6 Å². The van der Waals surface area contributed by atoms with Crippen molar-refractivity contribution in [3.63, 3.8) is 0 Å². The third kappa shape index (κ3) is 4.22. The van der Waals surface area contributed by atoms with Gasteiger partial charge in [0.05, 0.1) is 5.56 Å². The summed E-state index contributed by atoms with van der Waals surface area (Å²) < 4.78 is 40.2. The highest BCUT2D eigenvalue weighted by molar-refractivity contribution is 6.30. The standard InChI is InChI=1S/C20H20ClF3N4O2/c1-12(29)18-2-3-28(25-18)19(30)27-10-14-8-26(9-15(14)11-27)7-13-4-16(20(22,23)24)6-17(21)5-13/h2-6,14-15H,7-11H2,1H3. The molecule has 10 heteroatoms. The Hall–Kier alpha value is -2.39. The van der Waals surface area contributed by atoms with Gasteiger partial charge < -0.3 is 4.90 Å². The Balaban J connectivity index is 1.37. The molecule has 2 aliphatic heterocycles. The Morgan fingerprint density at radius 1 is 1.13 bits per heavy atom. The summed E-state index contributed by atoms with van der Waals surface area (Å²) in [6, 6.07) is 4.87. The first kappa shape index (κ1) is 20.9. The minimum Gasteiger partial charge on any atom is -0.322 e. The lowest BCUT2D eigenvalue weighted by Gasteiger charge is -2.22. The van der Waals surface area contributed by atoms with Crippen molar-refractivity contribution < 1.29 is 22.8 Å². The van der Waals surface area contributed by atoms with Gasteiger partial charge in [-0.2, -0.15) is 23.0 Å². The molecule has 2 unspecified atom stereocenters. The van der Waals surface area contributed by atoms with Crippen LogP contribution in [0.2, 0.25) is 5.02 Å². The number of carbonyl (C=O) groups is 2. The van der Waals surface area contributed by atoms with Crippen molar-refractivity contribution >= 4 is 23.4 Å². The number of nitrogens with zero attached hydrogens (tertiary/aromatic N) is 4. The van der Waals surface area contributed by atoms with Crippen molar-refractivity contribution in [1.82, 2.24) is 19.6 Å². The number of hydrogen-bond acceptors (Lipinski definition) is 4. The smallest absolute Gasteiger partial charge is 0.322 e. The van der Waals surface area contributed by atoms with Crippen LogP contribution in [0.1, 0.15) is 28.5 Å². The molecule has 6 nitrogen and oxygen atoms in total. The predicted molar refractivity (Wildman–Crippen MR) is 103 cm³/mol. The van der Waals surface area contributed by atoms with Crippen LogP contribution in [0.15, 0.2) is 30.5 Å². The molecule has 0 radical (unpaired) electrons. The Bertz CT molecular complexity index is 977. The lowest BCUT2D eigenvalue weighted by Crippen LogP contribution is -2.36. The Morgan fingerprint density at radius 3 is 2.37 bits per heavy atom. The molecule has 0 saturated carbocycles. The fourth-order valence-electron chi connectivity index (χ4n) is 4.30. The molecule has 4 rings (SSSR count). The summed E-state index contributed by atoms with van der Waals surface area (Å²) in [5, 5.41) is 4.09. The molecule has 1 aromatic heterocycles. The number of alkyl halides is 3. The normalized spacial score (nSPS) is 21.8. The molecule has 2 fully saturated rings. The molecule has 2 atom stereocenters. The third-order valence-electron chi connectivity index (χ3n) is 5.67. The number of likely N-dealkylation sites (tertiary alicyclic amines) is 2. The van der Waals surface area contributed by atoms with Crippen LogP contribution in [0, 0.1) is 11.8 Å². The largest absolute Gasteiger partial charge is 0.416 e. The van der Waals surface area contributed by atoms with E-state index < -0.39 is 11.7 Å².